The predicted octanol–water partition coefficient (Wildman–Crippen LogP) is 4.27. The Hall–Kier alpha value is -4.01. The number of nitrogens with one attached hydrogen (secondary N) is 2. The van der Waals surface area contributed by atoms with Crippen LogP contribution < -0.4 is 5.32 Å². The molecule has 146 valence electrons. The molecule has 0 fully saturated rings. The minimum atomic E-state index is -0.538. The van der Waals surface area contributed by atoms with Gasteiger partial charge in [-0.25, -0.2) is 9.07 Å². The Morgan fingerprint density at radius 1 is 1.21 bits per heavy atom. The van der Waals surface area contributed by atoms with Crippen molar-refractivity contribution in [2.24, 2.45) is 0 Å². The van der Waals surface area contributed by atoms with E-state index in [0.29, 0.717) is 10.9 Å². The number of benzene rings is 2. The molecule has 0 aliphatic rings. The van der Waals surface area contributed by atoms with Gasteiger partial charge in [0.25, 0.3) is 11.6 Å². The lowest BCUT2D eigenvalue weighted by Gasteiger charge is -2.09. The van der Waals surface area contributed by atoms with Crippen molar-refractivity contribution in [2.75, 3.05) is 5.32 Å². The van der Waals surface area contributed by atoms with Gasteiger partial charge >= 0.3 is 0 Å². The quantitative estimate of drug-likeness (QED) is 0.399. The van der Waals surface area contributed by atoms with Gasteiger partial charge in [-0.3, -0.25) is 14.9 Å². The van der Waals surface area contributed by atoms with Gasteiger partial charge in [-0.05, 0) is 44.2 Å². The van der Waals surface area contributed by atoms with Gasteiger partial charge in [0.15, 0.2) is 5.82 Å². The molecular weight excluding hydrogens is 377 g/mol. The van der Waals surface area contributed by atoms with Crippen LogP contribution in [0.3, 0.4) is 0 Å². The zero-order chi connectivity index (χ0) is 20.7. The van der Waals surface area contributed by atoms with E-state index in [0.717, 1.165) is 11.4 Å². The van der Waals surface area contributed by atoms with Crippen LogP contribution in [0.25, 0.3) is 16.6 Å². The van der Waals surface area contributed by atoms with Crippen LogP contribution in [-0.4, -0.2) is 25.6 Å². The summed E-state index contributed by atoms with van der Waals surface area (Å²) in [6.07, 6.45) is 1.46. The highest BCUT2D eigenvalue weighted by Gasteiger charge is 2.17. The molecule has 2 aromatic carbocycles. The zero-order valence-electron chi connectivity index (χ0n) is 15.6. The fourth-order valence-corrected chi connectivity index (χ4v) is 3.24. The number of fused-ring (bicyclic) bond motifs is 1. The Balaban J connectivity index is 1.63. The number of non-ortho nitro benzene ring substituents is 1. The van der Waals surface area contributed by atoms with Gasteiger partial charge < -0.3 is 10.3 Å². The molecule has 0 radical (unpaired) electrons. The van der Waals surface area contributed by atoms with Gasteiger partial charge in [-0.2, -0.15) is 5.10 Å². The molecule has 0 atom stereocenters. The minimum absolute atomic E-state index is 0.119. The second kappa shape index (κ2) is 6.86. The number of hydrogen-bond donors (Lipinski definition) is 2. The van der Waals surface area contributed by atoms with E-state index in [-0.39, 0.29) is 22.6 Å². The van der Waals surface area contributed by atoms with E-state index in [4.69, 9.17) is 0 Å². The number of rotatable bonds is 4. The Morgan fingerprint density at radius 2 is 2.00 bits per heavy atom. The summed E-state index contributed by atoms with van der Waals surface area (Å²) in [7, 11) is 0. The molecule has 2 aromatic heterocycles. The van der Waals surface area contributed by atoms with Crippen LogP contribution in [0.5, 0.6) is 0 Å². The third-order valence-electron chi connectivity index (χ3n) is 4.56. The van der Waals surface area contributed by atoms with Crippen molar-refractivity contribution >= 4 is 28.2 Å². The van der Waals surface area contributed by atoms with Crippen molar-refractivity contribution in [3.8, 4) is 5.69 Å². The lowest BCUT2D eigenvalue weighted by molar-refractivity contribution is -0.384. The van der Waals surface area contributed by atoms with E-state index in [2.05, 4.69) is 15.4 Å². The summed E-state index contributed by atoms with van der Waals surface area (Å²) >= 11 is 0. The van der Waals surface area contributed by atoms with Gasteiger partial charge in [-0.15, -0.1) is 0 Å². The number of nitro groups is 1. The first-order chi connectivity index (χ1) is 13.8. The topological polar surface area (TPSA) is 106 Å². The molecule has 4 aromatic rings. The number of halogens is 1. The van der Waals surface area contributed by atoms with Crippen LogP contribution in [0.4, 0.5) is 15.8 Å². The number of nitro benzene ring substituents is 1. The highest BCUT2D eigenvalue weighted by molar-refractivity contribution is 6.13. The van der Waals surface area contributed by atoms with Crippen molar-refractivity contribution in [3.05, 3.63) is 81.5 Å². The number of nitrogens with zero attached hydrogens (tertiary/aromatic N) is 3. The van der Waals surface area contributed by atoms with E-state index in [1.54, 1.807) is 6.07 Å². The third-order valence-corrected chi connectivity index (χ3v) is 4.56. The number of H-pyrrole nitrogens is 1. The molecule has 1 amide bonds. The maximum absolute atomic E-state index is 14.6. The molecule has 2 heterocycles. The summed E-state index contributed by atoms with van der Waals surface area (Å²) in [6.45, 7) is 3.65. The Bertz CT molecular complexity index is 1270. The van der Waals surface area contributed by atoms with Crippen LogP contribution in [-0.2, 0) is 0 Å². The maximum atomic E-state index is 14.6. The summed E-state index contributed by atoms with van der Waals surface area (Å²) < 4.78 is 16.1. The molecule has 0 unspecified atom stereocenters. The second-order valence-electron chi connectivity index (χ2n) is 6.65. The van der Waals surface area contributed by atoms with E-state index in [1.165, 1.54) is 41.2 Å². The lowest BCUT2D eigenvalue weighted by Crippen LogP contribution is -2.12. The normalized spacial score (nSPS) is 11.0. The van der Waals surface area contributed by atoms with Crippen LogP contribution in [0.2, 0.25) is 0 Å². The molecule has 0 spiro atoms. The van der Waals surface area contributed by atoms with Crippen molar-refractivity contribution in [1.82, 2.24) is 14.8 Å². The summed E-state index contributed by atoms with van der Waals surface area (Å²) in [5.41, 5.74) is 2.80. The standard InChI is InChI=1S/C20H16FN5O3/c1-11-7-12(2)25(24-11)19-6-3-13(8-17(19)21)23-20(27)16-10-22-18-5-4-14(26(28)29)9-15(16)18/h3-10,22H,1-2H3,(H,23,27). The highest BCUT2D eigenvalue weighted by atomic mass is 19.1. The SMILES string of the molecule is Cc1cc(C)n(-c2ccc(NC(=O)c3c[nH]c4ccc([N+](=O)[O-])cc34)cc2F)n1. The number of amides is 1. The van der Waals surface area contributed by atoms with Gasteiger partial charge in [0.1, 0.15) is 5.69 Å². The van der Waals surface area contributed by atoms with Gasteiger partial charge in [0.2, 0.25) is 0 Å². The first-order valence-corrected chi connectivity index (χ1v) is 8.73. The molecule has 0 saturated heterocycles. The first kappa shape index (κ1) is 18.4. The van der Waals surface area contributed by atoms with Crippen LogP contribution in [0.1, 0.15) is 21.7 Å². The van der Waals surface area contributed by atoms with E-state index < -0.39 is 16.6 Å². The Kier molecular flexibility index (Phi) is 4.34. The summed E-state index contributed by atoms with van der Waals surface area (Å²) in [4.78, 5) is 26.0. The zero-order valence-corrected chi connectivity index (χ0v) is 15.6. The molecule has 29 heavy (non-hydrogen) atoms. The number of aryl methyl sites for hydroxylation is 2. The molecule has 9 heteroatoms. The van der Waals surface area contributed by atoms with E-state index in [9.17, 15) is 19.3 Å². The largest absolute Gasteiger partial charge is 0.360 e. The average molecular weight is 393 g/mol. The minimum Gasteiger partial charge on any atom is -0.360 e. The molecule has 4 rings (SSSR count). The molecule has 0 aliphatic heterocycles. The fraction of sp³-hybridized carbons (Fsp3) is 0.100. The second-order valence-corrected chi connectivity index (χ2v) is 6.65. The predicted molar refractivity (Wildman–Crippen MR) is 106 cm³/mol. The highest BCUT2D eigenvalue weighted by Crippen LogP contribution is 2.25. The number of aromatic amines is 1. The van der Waals surface area contributed by atoms with Crippen molar-refractivity contribution in [3.63, 3.8) is 0 Å². The smallest absolute Gasteiger partial charge is 0.270 e. The van der Waals surface area contributed by atoms with Crippen molar-refractivity contribution < 1.29 is 14.1 Å². The number of hydrogen-bond acceptors (Lipinski definition) is 4. The van der Waals surface area contributed by atoms with E-state index in [1.807, 2.05) is 19.9 Å². The van der Waals surface area contributed by atoms with Crippen molar-refractivity contribution in [1.29, 1.82) is 0 Å². The van der Waals surface area contributed by atoms with Gasteiger partial charge in [-0.1, -0.05) is 0 Å². The molecule has 8 nitrogen and oxygen atoms in total. The fourth-order valence-electron chi connectivity index (χ4n) is 3.24. The van der Waals surface area contributed by atoms with Crippen LogP contribution in [0.15, 0.2) is 48.7 Å². The summed E-state index contributed by atoms with van der Waals surface area (Å²) in [5, 5.41) is 18.3. The third kappa shape index (κ3) is 3.33. The molecular formula is C20H16FN5O3. The van der Waals surface area contributed by atoms with Crippen LogP contribution >= 0.6 is 0 Å². The average Bonchev–Trinajstić information content (AvgIpc) is 3.24. The number of anilines is 1. The first-order valence-electron chi connectivity index (χ1n) is 8.73. The Morgan fingerprint density at radius 3 is 2.66 bits per heavy atom. The number of carbonyl (C=O) groups is 1. The van der Waals surface area contributed by atoms with Crippen molar-refractivity contribution in [2.45, 2.75) is 13.8 Å². The molecule has 0 saturated carbocycles. The monoisotopic (exact) mass is 393 g/mol. The number of carbonyl (C=O) groups excluding carboxylic acids is 1. The van der Waals surface area contributed by atoms with Gasteiger partial charge in [0.05, 0.1) is 16.2 Å². The molecule has 0 bridgehead atoms. The Labute approximate surface area is 164 Å². The molecule has 2 N–H and O–H groups in total. The maximum Gasteiger partial charge on any atom is 0.270 e. The van der Waals surface area contributed by atoms with Crippen LogP contribution in [0, 0.1) is 29.8 Å². The summed E-state index contributed by atoms with van der Waals surface area (Å²) in [5.74, 6) is -1.04. The number of aromatic nitrogens is 3. The van der Waals surface area contributed by atoms with Gasteiger partial charge in [0, 0.05) is 40.6 Å². The summed E-state index contributed by atoms with van der Waals surface area (Å²) in [6, 6.07) is 10.4. The lowest BCUT2D eigenvalue weighted by atomic mass is 10.1. The molecule has 0 aliphatic carbocycles. The van der Waals surface area contributed by atoms with E-state index >= 15 is 0 Å².